The van der Waals surface area contributed by atoms with E-state index < -0.39 is 17.8 Å². The predicted octanol–water partition coefficient (Wildman–Crippen LogP) is 2.51. The van der Waals surface area contributed by atoms with Gasteiger partial charge < -0.3 is 10.6 Å². The summed E-state index contributed by atoms with van der Waals surface area (Å²) in [5.41, 5.74) is -0.749. The molecule has 1 atom stereocenters. The van der Waals surface area contributed by atoms with E-state index in [1.807, 2.05) is 0 Å². The fourth-order valence-electron chi connectivity index (χ4n) is 1.82. The van der Waals surface area contributed by atoms with Crippen molar-refractivity contribution in [3.05, 3.63) is 42.5 Å². The average molecular weight is 313 g/mol. The fourth-order valence-corrected chi connectivity index (χ4v) is 1.82. The number of amides is 2. The third-order valence-corrected chi connectivity index (χ3v) is 2.75. The van der Waals surface area contributed by atoms with E-state index in [-0.39, 0.29) is 11.7 Å². The number of nitrogens with zero attached hydrogens (tertiary/aromatic N) is 3. The lowest BCUT2D eigenvalue weighted by molar-refractivity contribution is -0.137. The topological polar surface area (TPSA) is 71.8 Å². The largest absolute Gasteiger partial charge is 0.416 e. The molecule has 1 aromatic heterocycles. The van der Waals surface area contributed by atoms with E-state index in [4.69, 9.17) is 0 Å². The summed E-state index contributed by atoms with van der Waals surface area (Å²) in [7, 11) is 0. The fraction of sp³-hybridized carbons (Fsp3) is 0.308. The Bertz CT molecular complexity index is 627. The highest BCUT2D eigenvalue weighted by molar-refractivity contribution is 5.89. The first-order chi connectivity index (χ1) is 10.3. The molecule has 1 aromatic carbocycles. The molecule has 0 saturated heterocycles. The van der Waals surface area contributed by atoms with Crippen LogP contribution in [0, 0.1) is 0 Å². The Morgan fingerprint density at radius 3 is 2.82 bits per heavy atom. The number of benzene rings is 1. The lowest BCUT2D eigenvalue weighted by Crippen LogP contribution is -2.38. The van der Waals surface area contributed by atoms with Gasteiger partial charge in [0.1, 0.15) is 12.7 Å². The monoisotopic (exact) mass is 313 g/mol. The summed E-state index contributed by atoms with van der Waals surface area (Å²) in [5.74, 6) is 0. The van der Waals surface area contributed by atoms with Crippen LogP contribution in [0.25, 0.3) is 0 Å². The molecule has 0 fully saturated rings. The molecule has 0 spiro atoms. The summed E-state index contributed by atoms with van der Waals surface area (Å²) in [5, 5.41) is 8.87. The highest BCUT2D eigenvalue weighted by Gasteiger charge is 2.30. The Labute approximate surface area is 124 Å². The molecular weight excluding hydrogens is 299 g/mol. The van der Waals surface area contributed by atoms with Gasteiger partial charge in [0.2, 0.25) is 0 Å². The highest BCUT2D eigenvalue weighted by Crippen LogP contribution is 2.30. The summed E-state index contributed by atoms with van der Waals surface area (Å²) < 4.78 is 39.3. The van der Waals surface area contributed by atoms with Crippen molar-refractivity contribution in [3.8, 4) is 0 Å². The van der Waals surface area contributed by atoms with Gasteiger partial charge in [-0.15, -0.1) is 0 Å². The quantitative estimate of drug-likeness (QED) is 0.911. The molecule has 0 aliphatic carbocycles. The maximum absolute atomic E-state index is 12.6. The number of aromatic nitrogens is 3. The zero-order chi connectivity index (χ0) is 16.2. The number of anilines is 1. The third kappa shape index (κ3) is 4.47. The van der Waals surface area contributed by atoms with E-state index in [1.54, 1.807) is 6.92 Å². The van der Waals surface area contributed by atoms with E-state index in [0.717, 1.165) is 12.1 Å². The van der Waals surface area contributed by atoms with Crippen molar-refractivity contribution in [2.45, 2.75) is 25.7 Å². The standard InChI is InChI=1S/C13H14F3N5O/c1-9(6-21-8-17-7-18-21)19-12(22)20-11-4-2-3-10(5-11)13(14,15)16/h2-5,7-9H,6H2,1H3,(H2,19,20,22)/t9-/m0/s1. The first-order valence-electron chi connectivity index (χ1n) is 6.42. The number of urea groups is 1. The van der Waals surface area contributed by atoms with Crippen molar-refractivity contribution < 1.29 is 18.0 Å². The number of carbonyl (C=O) groups excluding carboxylic acids is 1. The van der Waals surface area contributed by atoms with Crippen LogP contribution >= 0.6 is 0 Å². The van der Waals surface area contributed by atoms with Crippen LogP contribution in [0.1, 0.15) is 12.5 Å². The molecule has 6 nitrogen and oxygen atoms in total. The first kappa shape index (κ1) is 15.8. The maximum Gasteiger partial charge on any atom is 0.416 e. The lowest BCUT2D eigenvalue weighted by Gasteiger charge is -2.15. The Balaban J connectivity index is 1.91. The van der Waals surface area contributed by atoms with Crippen molar-refractivity contribution >= 4 is 11.7 Å². The highest BCUT2D eigenvalue weighted by atomic mass is 19.4. The Kier molecular flexibility index (Phi) is 4.64. The summed E-state index contributed by atoms with van der Waals surface area (Å²) in [6.45, 7) is 2.14. The maximum atomic E-state index is 12.6. The number of hydrogen-bond donors (Lipinski definition) is 2. The number of rotatable bonds is 4. The zero-order valence-corrected chi connectivity index (χ0v) is 11.6. The van der Waals surface area contributed by atoms with Gasteiger partial charge in [0.05, 0.1) is 12.1 Å². The van der Waals surface area contributed by atoms with Crippen LogP contribution < -0.4 is 10.6 Å². The molecule has 0 bridgehead atoms. The smallest absolute Gasteiger partial charge is 0.334 e. The van der Waals surface area contributed by atoms with Crippen molar-refractivity contribution in [1.29, 1.82) is 0 Å². The van der Waals surface area contributed by atoms with Crippen molar-refractivity contribution in [2.75, 3.05) is 5.32 Å². The summed E-state index contributed by atoms with van der Waals surface area (Å²) in [4.78, 5) is 15.5. The predicted molar refractivity (Wildman–Crippen MR) is 73.1 cm³/mol. The number of carbonyl (C=O) groups is 1. The minimum absolute atomic E-state index is 0.0697. The molecule has 0 radical (unpaired) electrons. The van der Waals surface area contributed by atoms with Gasteiger partial charge in [-0.3, -0.25) is 4.68 Å². The SMILES string of the molecule is C[C@@H](Cn1cncn1)NC(=O)Nc1cccc(C(F)(F)F)c1. The van der Waals surface area contributed by atoms with Gasteiger partial charge in [0.15, 0.2) is 0 Å². The van der Waals surface area contributed by atoms with Crippen molar-refractivity contribution in [1.82, 2.24) is 20.1 Å². The molecule has 2 N–H and O–H groups in total. The van der Waals surface area contributed by atoms with Gasteiger partial charge in [0, 0.05) is 11.7 Å². The number of nitrogens with one attached hydrogen (secondary N) is 2. The van der Waals surface area contributed by atoms with Crippen LogP contribution in [0.5, 0.6) is 0 Å². The molecule has 1 heterocycles. The Morgan fingerprint density at radius 2 is 2.18 bits per heavy atom. The second-order valence-electron chi connectivity index (χ2n) is 4.70. The molecular formula is C13H14F3N5O. The third-order valence-electron chi connectivity index (χ3n) is 2.75. The van der Waals surface area contributed by atoms with Gasteiger partial charge >= 0.3 is 12.2 Å². The Morgan fingerprint density at radius 1 is 1.41 bits per heavy atom. The van der Waals surface area contributed by atoms with E-state index in [0.29, 0.717) is 6.54 Å². The van der Waals surface area contributed by atoms with Crippen molar-refractivity contribution in [3.63, 3.8) is 0 Å². The van der Waals surface area contributed by atoms with E-state index in [9.17, 15) is 18.0 Å². The van der Waals surface area contributed by atoms with E-state index >= 15 is 0 Å². The van der Waals surface area contributed by atoms with Crippen LogP contribution in [0.4, 0.5) is 23.7 Å². The van der Waals surface area contributed by atoms with Crippen LogP contribution in [0.3, 0.4) is 0 Å². The minimum Gasteiger partial charge on any atom is -0.334 e. The first-order valence-corrected chi connectivity index (χ1v) is 6.42. The van der Waals surface area contributed by atoms with Gasteiger partial charge in [-0.2, -0.15) is 18.3 Å². The number of halogens is 3. The number of hydrogen-bond acceptors (Lipinski definition) is 3. The molecule has 0 aliphatic rings. The van der Waals surface area contributed by atoms with Crippen molar-refractivity contribution in [2.24, 2.45) is 0 Å². The number of alkyl halides is 3. The van der Waals surface area contributed by atoms with Gasteiger partial charge in [-0.1, -0.05) is 6.07 Å². The van der Waals surface area contributed by atoms with Gasteiger partial charge in [-0.05, 0) is 25.1 Å². The second kappa shape index (κ2) is 6.46. The summed E-state index contributed by atoms with van der Waals surface area (Å²) in [6, 6.07) is 3.58. The average Bonchev–Trinajstić information content (AvgIpc) is 2.90. The van der Waals surface area contributed by atoms with E-state index in [2.05, 4.69) is 20.7 Å². The molecule has 2 amide bonds. The van der Waals surface area contributed by atoms with Crippen LogP contribution in [-0.2, 0) is 12.7 Å². The Hall–Kier alpha value is -2.58. The summed E-state index contributed by atoms with van der Waals surface area (Å²) in [6.07, 6.45) is -1.58. The van der Waals surface area contributed by atoms with E-state index in [1.165, 1.54) is 29.5 Å². The summed E-state index contributed by atoms with van der Waals surface area (Å²) >= 11 is 0. The van der Waals surface area contributed by atoms with Crippen LogP contribution in [0.2, 0.25) is 0 Å². The normalized spacial score (nSPS) is 12.7. The molecule has 2 aromatic rings. The molecule has 0 unspecified atom stereocenters. The lowest BCUT2D eigenvalue weighted by atomic mass is 10.2. The molecule has 2 rings (SSSR count). The molecule has 0 aliphatic heterocycles. The van der Waals surface area contributed by atoms with Crippen LogP contribution in [0.15, 0.2) is 36.9 Å². The second-order valence-corrected chi connectivity index (χ2v) is 4.70. The van der Waals surface area contributed by atoms with Gasteiger partial charge in [-0.25, -0.2) is 9.78 Å². The molecule has 22 heavy (non-hydrogen) atoms. The molecule has 118 valence electrons. The minimum atomic E-state index is -4.45. The van der Waals surface area contributed by atoms with Gasteiger partial charge in [0.25, 0.3) is 0 Å². The zero-order valence-electron chi connectivity index (χ0n) is 11.6. The van der Waals surface area contributed by atoms with Crippen LogP contribution in [-0.4, -0.2) is 26.8 Å². The molecule has 0 saturated carbocycles. The molecule has 9 heteroatoms.